The molecule has 2 N–H and O–H groups in total. The molecule has 1 aromatic heterocycles. The van der Waals surface area contributed by atoms with Crippen molar-refractivity contribution >= 4 is 29.9 Å². The zero-order valence-corrected chi connectivity index (χ0v) is 17.0. The van der Waals surface area contributed by atoms with Crippen molar-refractivity contribution in [2.75, 3.05) is 13.6 Å². The van der Waals surface area contributed by atoms with E-state index < -0.39 is 0 Å². The summed E-state index contributed by atoms with van der Waals surface area (Å²) in [4.78, 5) is 8.53. The molecule has 1 aromatic rings. The van der Waals surface area contributed by atoms with Crippen LogP contribution in [0.1, 0.15) is 59.1 Å². The molecule has 0 bridgehead atoms. The van der Waals surface area contributed by atoms with E-state index in [0.29, 0.717) is 18.4 Å². The third-order valence-electron chi connectivity index (χ3n) is 3.64. The Balaban J connectivity index is 0.00000441. The number of oxazole rings is 1. The second-order valence-corrected chi connectivity index (χ2v) is 6.36. The van der Waals surface area contributed by atoms with Crippen molar-refractivity contribution < 1.29 is 4.42 Å². The van der Waals surface area contributed by atoms with Gasteiger partial charge in [0.2, 0.25) is 5.89 Å². The average Bonchev–Trinajstić information content (AvgIpc) is 2.92. The van der Waals surface area contributed by atoms with Crippen molar-refractivity contribution in [3.63, 3.8) is 0 Å². The van der Waals surface area contributed by atoms with Crippen LogP contribution in [-0.4, -0.2) is 24.5 Å². The zero-order valence-electron chi connectivity index (χ0n) is 14.7. The van der Waals surface area contributed by atoms with Gasteiger partial charge in [0.05, 0.1) is 12.7 Å². The number of hydrogen-bond acceptors (Lipinski definition) is 3. The quantitative estimate of drug-likeness (QED) is 0.417. The van der Waals surface area contributed by atoms with E-state index in [-0.39, 0.29) is 29.4 Å². The van der Waals surface area contributed by atoms with Gasteiger partial charge in [0, 0.05) is 19.0 Å². The summed E-state index contributed by atoms with van der Waals surface area (Å²) < 4.78 is 5.75. The van der Waals surface area contributed by atoms with Crippen LogP contribution >= 0.6 is 24.0 Å². The summed E-state index contributed by atoms with van der Waals surface area (Å²) in [6.45, 7) is 12.2. The van der Waals surface area contributed by atoms with Gasteiger partial charge >= 0.3 is 0 Å². The van der Waals surface area contributed by atoms with E-state index in [2.05, 4.69) is 55.2 Å². The van der Waals surface area contributed by atoms with Gasteiger partial charge in [-0.2, -0.15) is 0 Å². The summed E-state index contributed by atoms with van der Waals surface area (Å²) in [7, 11) is 1.78. The van der Waals surface area contributed by atoms with Crippen molar-refractivity contribution in [2.24, 2.45) is 10.9 Å². The molecule has 0 aliphatic carbocycles. The first-order valence-electron chi connectivity index (χ1n) is 7.80. The maximum Gasteiger partial charge on any atom is 0.213 e. The SMILES string of the molecule is CCC(CC)CNC(=NC)NCc1ncc(C(C)(C)C)o1.I. The van der Waals surface area contributed by atoms with Crippen LogP contribution < -0.4 is 10.6 Å². The monoisotopic (exact) mass is 422 g/mol. The third-order valence-corrected chi connectivity index (χ3v) is 3.64. The van der Waals surface area contributed by atoms with Gasteiger partial charge in [-0.15, -0.1) is 24.0 Å². The lowest BCUT2D eigenvalue weighted by Crippen LogP contribution is -2.39. The van der Waals surface area contributed by atoms with Gasteiger partial charge in [-0.25, -0.2) is 4.98 Å². The molecule has 0 spiro atoms. The lowest BCUT2D eigenvalue weighted by Gasteiger charge is -2.16. The molecule has 0 saturated carbocycles. The van der Waals surface area contributed by atoms with Gasteiger partial charge in [-0.3, -0.25) is 4.99 Å². The van der Waals surface area contributed by atoms with Crippen LogP contribution in [-0.2, 0) is 12.0 Å². The smallest absolute Gasteiger partial charge is 0.213 e. The maximum atomic E-state index is 5.75. The highest BCUT2D eigenvalue weighted by Gasteiger charge is 2.19. The molecule has 0 saturated heterocycles. The summed E-state index contributed by atoms with van der Waals surface area (Å²) in [5.74, 6) is 3.06. The molecule has 0 radical (unpaired) electrons. The number of aromatic nitrogens is 1. The molecule has 0 aliphatic rings. The molecule has 1 rings (SSSR count). The Hall–Kier alpha value is -0.790. The Morgan fingerprint density at radius 2 is 1.91 bits per heavy atom. The van der Waals surface area contributed by atoms with Crippen LogP contribution in [0.25, 0.3) is 0 Å². The molecule has 5 nitrogen and oxygen atoms in total. The molecule has 0 amide bonds. The van der Waals surface area contributed by atoms with Crippen molar-refractivity contribution in [3.8, 4) is 0 Å². The van der Waals surface area contributed by atoms with Crippen LogP contribution in [0, 0.1) is 5.92 Å². The molecule has 128 valence electrons. The Morgan fingerprint density at radius 3 is 2.36 bits per heavy atom. The van der Waals surface area contributed by atoms with E-state index in [1.165, 1.54) is 12.8 Å². The van der Waals surface area contributed by atoms with Crippen LogP contribution in [0.5, 0.6) is 0 Å². The highest BCUT2D eigenvalue weighted by Crippen LogP contribution is 2.22. The van der Waals surface area contributed by atoms with Crippen LogP contribution in [0.3, 0.4) is 0 Å². The van der Waals surface area contributed by atoms with Gasteiger partial charge in [0.1, 0.15) is 5.76 Å². The van der Waals surface area contributed by atoms with E-state index in [4.69, 9.17) is 4.42 Å². The minimum Gasteiger partial charge on any atom is -0.443 e. The fourth-order valence-corrected chi connectivity index (χ4v) is 1.94. The number of guanidine groups is 1. The summed E-state index contributed by atoms with van der Waals surface area (Å²) in [6, 6.07) is 0. The van der Waals surface area contributed by atoms with Gasteiger partial charge in [0.25, 0.3) is 0 Å². The van der Waals surface area contributed by atoms with Gasteiger partial charge < -0.3 is 15.1 Å². The summed E-state index contributed by atoms with van der Waals surface area (Å²) in [6.07, 6.45) is 4.15. The second-order valence-electron chi connectivity index (χ2n) is 6.36. The minimum absolute atomic E-state index is 0. The zero-order chi connectivity index (χ0) is 15.9. The molecule has 0 unspecified atom stereocenters. The number of nitrogens with one attached hydrogen (secondary N) is 2. The van der Waals surface area contributed by atoms with E-state index >= 15 is 0 Å². The number of halogens is 1. The average molecular weight is 422 g/mol. The van der Waals surface area contributed by atoms with E-state index in [0.717, 1.165) is 18.3 Å². The first-order chi connectivity index (χ1) is 9.90. The minimum atomic E-state index is -0.0132. The fraction of sp³-hybridized carbons (Fsp3) is 0.750. The van der Waals surface area contributed by atoms with Crippen LogP contribution in [0.15, 0.2) is 15.6 Å². The molecule has 0 atom stereocenters. The van der Waals surface area contributed by atoms with Crippen molar-refractivity contribution in [3.05, 3.63) is 17.8 Å². The van der Waals surface area contributed by atoms with E-state index in [1.54, 1.807) is 13.2 Å². The number of rotatable bonds is 6. The fourth-order valence-electron chi connectivity index (χ4n) is 1.94. The lowest BCUT2D eigenvalue weighted by molar-refractivity contribution is 0.379. The Bertz CT molecular complexity index is 447. The summed E-state index contributed by atoms with van der Waals surface area (Å²) in [5, 5.41) is 6.58. The lowest BCUT2D eigenvalue weighted by atomic mass is 9.94. The number of hydrogen-bond donors (Lipinski definition) is 2. The molecule has 0 aromatic carbocycles. The molecular formula is C16H31IN4O. The highest BCUT2D eigenvalue weighted by molar-refractivity contribution is 14.0. The normalized spacial score (nSPS) is 12.2. The van der Waals surface area contributed by atoms with Gasteiger partial charge in [-0.1, -0.05) is 47.5 Å². The van der Waals surface area contributed by atoms with Crippen molar-refractivity contribution in [2.45, 2.75) is 59.4 Å². The number of aliphatic imine (C=N–C) groups is 1. The van der Waals surface area contributed by atoms with Crippen LogP contribution in [0.4, 0.5) is 0 Å². The van der Waals surface area contributed by atoms with Gasteiger partial charge in [-0.05, 0) is 5.92 Å². The molecule has 6 heteroatoms. The third kappa shape index (κ3) is 6.98. The van der Waals surface area contributed by atoms with Gasteiger partial charge in [0.15, 0.2) is 5.96 Å². The maximum absolute atomic E-state index is 5.75. The predicted molar refractivity (Wildman–Crippen MR) is 103 cm³/mol. The largest absolute Gasteiger partial charge is 0.443 e. The Morgan fingerprint density at radius 1 is 1.27 bits per heavy atom. The molecule has 22 heavy (non-hydrogen) atoms. The van der Waals surface area contributed by atoms with E-state index in [1.807, 2.05) is 0 Å². The first-order valence-corrected chi connectivity index (χ1v) is 7.80. The van der Waals surface area contributed by atoms with Crippen molar-refractivity contribution in [1.82, 2.24) is 15.6 Å². The molecule has 0 aliphatic heterocycles. The predicted octanol–water partition coefficient (Wildman–Crippen LogP) is 3.69. The highest BCUT2D eigenvalue weighted by atomic mass is 127. The molecule has 1 heterocycles. The van der Waals surface area contributed by atoms with Crippen LogP contribution in [0.2, 0.25) is 0 Å². The summed E-state index contributed by atoms with van der Waals surface area (Å²) >= 11 is 0. The molecular weight excluding hydrogens is 391 g/mol. The standard InChI is InChI=1S/C16H30N4O.HI/c1-7-12(8-2)9-19-15(17-6)20-11-14-18-10-13(21-14)16(3,4)5;/h10,12H,7-9,11H2,1-6H3,(H2,17,19,20);1H. The Labute approximate surface area is 151 Å². The second kappa shape index (κ2) is 10.1. The van der Waals surface area contributed by atoms with E-state index in [9.17, 15) is 0 Å². The molecule has 0 fully saturated rings. The van der Waals surface area contributed by atoms with Crippen molar-refractivity contribution in [1.29, 1.82) is 0 Å². The summed E-state index contributed by atoms with van der Waals surface area (Å²) in [5.41, 5.74) is -0.0132. The number of nitrogens with zero attached hydrogens (tertiary/aromatic N) is 2. The first kappa shape index (κ1) is 21.2. The topological polar surface area (TPSA) is 62.5 Å². The Kier molecular flexibility index (Phi) is 9.71.